The Bertz CT molecular complexity index is 362. The summed E-state index contributed by atoms with van der Waals surface area (Å²) in [6, 6.07) is -0.291. The number of hydrogen-bond donors (Lipinski definition) is 1. The Labute approximate surface area is 121 Å². The highest BCUT2D eigenvalue weighted by molar-refractivity contribution is 5.94. The summed E-state index contributed by atoms with van der Waals surface area (Å²) in [5, 5.41) is 2.71. The van der Waals surface area contributed by atoms with Gasteiger partial charge >= 0.3 is 0 Å². The van der Waals surface area contributed by atoms with Gasteiger partial charge in [0.15, 0.2) is 0 Å². The molecule has 2 fully saturated rings. The number of carbonyl (C=O) groups excluding carboxylic acids is 2. The second-order valence-corrected chi connectivity index (χ2v) is 6.33. The quantitative estimate of drug-likeness (QED) is 0.825. The summed E-state index contributed by atoms with van der Waals surface area (Å²) in [5.41, 5.74) is 0. The molecule has 1 unspecified atom stereocenters. The summed E-state index contributed by atoms with van der Waals surface area (Å²) in [6.07, 6.45) is 2.26. The fourth-order valence-electron chi connectivity index (χ4n) is 3.31. The van der Waals surface area contributed by atoms with Gasteiger partial charge in [0.25, 0.3) is 0 Å². The van der Waals surface area contributed by atoms with Gasteiger partial charge < -0.3 is 15.1 Å². The topological polar surface area (TPSA) is 52.6 Å². The molecular formula is C15H27N3O2. The van der Waals surface area contributed by atoms with Gasteiger partial charge in [0.1, 0.15) is 6.04 Å². The van der Waals surface area contributed by atoms with Crippen LogP contribution in [0.15, 0.2) is 0 Å². The molecule has 2 heterocycles. The largest absolute Gasteiger partial charge is 0.345 e. The number of rotatable bonds is 4. The Balaban J connectivity index is 1.98. The highest BCUT2D eigenvalue weighted by Gasteiger charge is 2.37. The Morgan fingerprint density at radius 1 is 1.25 bits per heavy atom. The first-order valence-corrected chi connectivity index (χ1v) is 7.82. The zero-order valence-electron chi connectivity index (χ0n) is 12.9. The second kappa shape index (κ2) is 6.57. The predicted molar refractivity (Wildman–Crippen MR) is 78.2 cm³/mol. The van der Waals surface area contributed by atoms with Crippen LogP contribution >= 0.6 is 0 Å². The van der Waals surface area contributed by atoms with Gasteiger partial charge in [0.05, 0.1) is 6.54 Å². The minimum Gasteiger partial charge on any atom is -0.345 e. The molecule has 0 aromatic heterocycles. The smallest absolute Gasteiger partial charge is 0.243 e. The number of carbonyl (C=O) groups is 2. The molecule has 20 heavy (non-hydrogen) atoms. The van der Waals surface area contributed by atoms with Crippen molar-refractivity contribution in [3.05, 3.63) is 0 Å². The Morgan fingerprint density at radius 3 is 2.45 bits per heavy atom. The van der Waals surface area contributed by atoms with Crippen LogP contribution in [0.4, 0.5) is 0 Å². The van der Waals surface area contributed by atoms with Crippen molar-refractivity contribution >= 4 is 11.8 Å². The molecule has 0 saturated carbocycles. The van der Waals surface area contributed by atoms with Crippen LogP contribution in [0.2, 0.25) is 0 Å². The van der Waals surface area contributed by atoms with Crippen molar-refractivity contribution in [2.45, 2.75) is 39.7 Å². The van der Waals surface area contributed by atoms with Crippen LogP contribution in [0.3, 0.4) is 0 Å². The highest BCUT2D eigenvalue weighted by atomic mass is 16.2. The summed E-state index contributed by atoms with van der Waals surface area (Å²) in [4.78, 5) is 28.4. The van der Waals surface area contributed by atoms with Crippen LogP contribution in [0, 0.1) is 11.8 Å². The maximum absolute atomic E-state index is 12.1. The van der Waals surface area contributed by atoms with Crippen molar-refractivity contribution in [1.82, 2.24) is 15.1 Å². The van der Waals surface area contributed by atoms with Crippen LogP contribution in [-0.2, 0) is 9.59 Å². The molecule has 1 N–H and O–H groups in total. The van der Waals surface area contributed by atoms with Gasteiger partial charge in [0, 0.05) is 6.54 Å². The summed E-state index contributed by atoms with van der Waals surface area (Å²) in [5.74, 6) is 0.774. The van der Waals surface area contributed by atoms with Gasteiger partial charge in [0.2, 0.25) is 11.8 Å². The van der Waals surface area contributed by atoms with Crippen molar-refractivity contribution in [1.29, 1.82) is 0 Å². The molecule has 0 radical (unpaired) electrons. The maximum atomic E-state index is 12.1. The summed E-state index contributed by atoms with van der Waals surface area (Å²) < 4.78 is 0. The molecule has 5 heteroatoms. The van der Waals surface area contributed by atoms with Gasteiger partial charge in [-0.15, -0.1) is 0 Å². The molecule has 2 rings (SSSR count). The van der Waals surface area contributed by atoms with Crippen molar-refractivity contribution in [2.24, 2.45) is 11.8 Å². The first kappa shape index (κ1) is 15.3. The molecule has 0 aromatic carbocycles. The molecule has 2 aliphatic rings. The van der Waals surface area contributed by atoms with Crippen LogP contribution in [-0.4, -0.2) is 60.4 Å². The summed E-state index contributed by atoms with van der Waals surface area (Å²) in [6.45, 7) is 10.4. The molecule has 0 bridgehead atoms. The third-order valence-corrected chi connectivity index (χ3v) is 4.58. The SMILES string of the molecule is CCN1CCC(CN2C(=O)CNC(=O)C2C(C)C)CC1. The van der Waals surface area contributed by atoms with E-state index in [1.165, 1.54) is 0 Å². The van der Waals surface area contributed by atoms with Gasteiger partial charge in [-0.1, -0.05) is 20.8 Å². The molecule has 0 aliphatic carbocycles. The Hall–Kier alpha value is -1.10. The average molecular weight is 281 g/mol. The van der Waals surface area contributed by atoms with Crippen LogP contribution in [0.1, 0.15) is 33.6 Å². The number of amides is 2. The molecule has 1 atom stereocenters. The predicted octanol–water partition coefficient (Wildman–Crippen LogP) is 0.701. The Kier molecular flexibility index (Phi) is 5.02. The number of nitrogens with one attached hydrogen (secondary N) is 1. The van der Waals surface area contributed by atoms with E-state index in [1.54, 1.807) is 0 Å². The Morgan fingerprint density at radius 2 is 1.90 bits per heavy atom. The lowest BCUT2D eigenvalue weighted by atomic mass is 9.93. The van der Waals surface area contributed by atoms with Crippen molar-refractivity contribution in [3.8, 4) is 0 Å². The van der Waals surface area contributed by atoms with Crippen LogP contribution in [0.5, 0.6) is 0 Å². The molecule has 0 aromatic rings. The zero-order chi connectivity index (χ0) is 14.7. The standard InChI is InChI=1S/C15H27N3O2/c1-4-17-7-5-12(6-8-17)10-18-13(19)9-16-15(20)14(18)11(2)3/h11-12,14H,4-10H2,1-3H3,(H,16,20). The first-order chi connectivity index (χ1) is 9.52. The van der Waals surface area contributed by atoms with Crippen molar-refractivity contribution in [3.63, 3.8) is 0 Å². The molecule has 2 amide bonds. The van der Waals surface area contributed by atoms with E-state index in [0.717, 1.165) is 39.0 Å². The van der Waals surface area contributed by atoms with Gasteiger partial charge in [-0.3, -0.25) is 9.59 Å². The minimum atomic E-state index is -0.291. The van der Waals surface area contributed by atoms with E-state index in [4.69, 9.17) is 0 Å². The number of nitrogens with zero attached hydrogens (tertiary/aromatic N) is 2. The number of hydrogen-bond acceptors (Lipinski definition) is 3. The maximum Gasteiger partial charge on any atom is 0.243 e. The van der Waals surface area contributed by atoms with Gasteiger partial charge in [-0.2, -0.15) is 0 Å². The molecule has 2 saturated heterocycles. The first-order valence-electron chi connectivity index (χ1n) is 7.82. The van der Waals surface area contributed by atoms with Gasteiger partial charge in [-0.25, -0.2) is 0 Å². The average Bonchev–Trinajstić information content (AvgIpc) is 2.43. The lowest BCUT2D eigenvalue weighted by Crippen LogP contribution is -2.61. The molecular weight excluding hydrogens is 254 g/mol. The van der Waals surface area contributed by atoms with Crippen molar-refractivity contribution in [2.75, 3.05) is 32.7 Å². The monoisotopic (exact) mass is 281 g/mol. The summed E-state index contributed by atoms with van der Waals surface area (Å²) >= 11 is 0. The lowest BCUT2D eigenvalue weighted by molar-refractivity contribution is -0.148. The second-order valence-electron chi connectivity index (χ2n) is 6.33. The molecule has 114 valence electrons. The molecule has 0 spiro atoms. The fraction of sp³-hybridized carbons (Fsp3) is 0.867. The van der Waals surface area contributed by atoms with Crippen LogP contribution in [0.25, 0.3) is 0 Å². The third-order valence-electron chi connectivity index (χ3n) is 4.58. The van der Waals surface area contributed by atoms with E-state index in [2.05, 4.69) is 17.1 Å². The fourth-order valence-corrected chi connectivity index (χ4v) is 3.31. The molecule has 2 aliphatic heterocycles. The third kappa shape index (κ3) is 3.32. The normalized spacial score (nSPS) is 26.2. The van der Waals surface area contributed by atoms with E-state index in [-0.39, 0.29) is 30.3 Å². The number of piperidine rings is 1. The minimum absolute atomic E-state index is 0.00518. The van der Waals surface area contributed by atoms with Crippen LogP contribution < -0.4 is 5.32 Å². The van der Waals surface area contributed by atoms with E-state index in [9.17, 15) is 9.59 Å². The zero-order valence-corrected chi connectivity index (χ0v) is 12.9. The number of likely N-dealkylation sites (tertiary alicyclic amines) is 1. The highest BCUT2D eigenvalue weighted by Crippen LogP contribution is 2.22. The number of piperazine rings is 1. The van der Waals surface area contributed by atoms with E-state index >= 15 is 0 Å². The van der Waals surface area contributed by atoms with Crippen molar-refractivity contribution < 1.29 is 9.59 Å². The van der Waals surface area contributed by atoms with E-state index in [1.807, 2.05) is 18.7 Å². The van der Waals surface area contributed by atoms with Gasteiger partial charge in [-0.05, 0) is 44.3 Å². The lowest BCUT2D eigenvalue weighted by Gasteiger charge is -2.41. The van der Waals surface area contributed by atoms with E-state index in [0.29, 0.717) is 5.92 Å². The van der Waals surface area contributed by atoms with E-state index < -0.39 is 0 Å². The molecule has 5 nitrogen and oxygen atoms in total. The summed E-state index contributed by atoms with van der Waals surface area (Å²) in [7, 11) is 0.